The summed E-state index contributed by atoms with van der Waals surface area (Å²) in [5.41, 5.74) is 0. The minimum atomic E-state index is -0.362. The zero-order valence-electron chi connectivity index (χ0n) is 11.5. The number of rotatable bonds is 8. The van der Waals surface area contributed by atoms with Gasteiger partial charge in [-0.1, -0.05) is 18.2 Å². The highest BCUT2D eigenvalue weighted by atomic mass is 16.6. The van der Waals surface area contributed by atoms with Crippen LogP contribution in [0.5, 0.6) is 5.75 Å². The van der Waals surface area contributed by atoms with E-state index >= 15 is 0 Å². The van der Waals surface area contributed by atoms with Crippen molar-refractivity contribution in [3.63, 3.8) is 0 Å². The second-order valence-corrected chi connectivity index (χ2v) is 4.01. The molecule has 0 unspecified atom stereocenters. The van der Waals surface area contributed by atoms with Crippen LogP contribution in [0.25, 0.3) is 0 Å². The van der Waals surface area contributed by atoms with E-state index in [1.165, 1.54) is 0 Å². The summed E-state index contributed by atoms with van der Waals surface area (Å²) in [5, 5.41) is 0. The summed E-state index contributed by atoms with van der Waals surface area (Å²) in [6.45, 7) is 2.19. The van der Waals surface area contributed by atoms with Crippen molar-refractivity contribution < 1.29 is 19.0 Å². The summed E-state index contributed by atoms with van der Waals surface area (Å²) >= 11 is 0. The quantitative estimate of drug-likeness (QED) is 0.677. The van der Waals surface area contributed by atoms with Gasteiger partial charge in [-0.2, -0.15) is 0 Å². The predicted molar refractivity (Wildman–Crippen MR) is 72.4 cm³/mol. The fourth-order valence-electron chi connectivity index (χ4n) is 1.55. The number of carbonyl (C=O) groups is 1. The van der Waals surface area contributed by atoms with Gasteiger partial charge in [0.2, 0.25) is 0 Å². The lowest BCUT2D eigenvalue weighted by Gasteiger charge is -2.21. The lowest BCUT2D eigenvalue weighted by atomic mass is 10.3. The molecule has 0 aliphatic rings. The van der Waals surface area contributed by atoms with Crippen LogP contribution in [0.4, 0.5) is 4.79 Å². The third-order valence-corrected chi connectivity index (χ3v) is 2.55. The van der Waals surface area contributed by atoms with Gasteiger partial charge in [-0.3, -0.25) is 0 Å². The molecule has 0 spiro atoms. The smallest absolute Gasteiger partial charge is 0.410 e. The summed E-state index contributed by atoms with van der Waals surface area (Å²) in [7, 11) is 3.25. The number of para-hydroxylation sites is 1. The number of nitrogens with zero attached hydrogens (tertiary/aromatic N) is 1. The first kappa shape index (κ1) is 15.5. The van der Waals surface area contributed by atoms with Gasteiger partial charge in [-0.25, -0.2) is 4.79 Å². The van der Waals surface area contributed by atoms with E-state index in [0.717, 1.165) is 6.42 Å². The Morgan fingerprint density at radius 3 is 2.37 bits per heavy atom. The Morgan fingerprint density at radius 2 is 1.74 bits per heavy atom. The summed E-state index contributed by atoms with van der Waals surface area (Å²) < 4.78 is 15.3. The number of methoxy groups -OCH3 is 2. The van der Waals surface area contributed by atoms with Crippen LogP contribution in [0.3, 0.4) is 0 Å². The summed E-state index contributed by atoms with van der Waals surface area (Å²) in [6.07, 6.45) is 0.406. The summed E-state index contributed by atoms with van der Waals surface area (Å²) in [5.74, 6) is 0.543. The first-order chi connectivity index (χ1) is 9.27. The Balaban J connectivity index is 2.49. The first-order valence-corrected chi connectivity index (χ1v) is 6.27. The Labute approximate surface area is 114 Å². The Hall–Kier alpha value is -1.59. The van der Waals surface area contributed by atoms with Crippen molar-refractivity contribution in [3.8, 4) is 5.75 Å². The molecule has 5 nitrogen and oxygen atoms in total. The molecule has 0 radical (unpaired) electrons. The van der Waals surface area contributed by atoms with Gasteiger partial charge >= 0.3 is 6.09 Å². The molecule has 0 N–H and O–H groups in total. The summed E-state index contributed by atoms with van der Waals surface area (Å²) in [6, 6.07) is 9.03. The molecule has 1 aromatic rings. The molecule has 19 heavy (non-hydrogen) atoms. The van der Waals surface area contributed by atoms with Gasteiger partial charge in [0.05, 0.1) is 6.61 Å². The van der Waals surface area contributed by atoms with Crippen LogP contribution < -0.4 is 4.74 Å². The number of hydrogen-bond donors (Lipinski definition) is 0. The third-order valence-electron chi connectivity index (χ3n) is 2.55. The zero-order valence-corrected chi connectivity index (χ0v) is 11.5. The zero-order chi connectivity index (χ0) is 13.9. The van der Waals surface area contributed by atoms with Crippen molar-refractivity contribution in [2.24, 2.45) is 0 Å². The van der Waals surface area contributed by atoms with Crippen LogP contribution in [0.2, 0.25) is 0 Å². The van der Waals surface area contributed by atoms with Gasteiger partial charge in [0, 0.05) is 33.9 Å². The third kappa shape index (κ3) is 6.22. The average molecular weight is 267 g/mol. The van der Waals surface area contributed by atoms with Crippen LogP contribution in [0.1, 0.15) is 6.42 Å². The normalized spacial score (nSPS) is 10.2. The topological polar surface area (TPSA) is 48.0 Å². The second-order valence-electron chi connectivity index (χ2n) is 4.01. The number of carbonyl (C=O) groups excluding carboxylic acids is 1. The molecular weight excluding hydrogens is 246 g/mol. The molecule has 5 heteroatoms. The molecule has 1 rings (SSSR count). The average Bonchev–Trinajstić information content (AvgIpc) is 2.43. The van der Waals surface area contributed by atoms with Gasteiger partial charge in [-0.15, -0.1) is 0 Å². The van der Waals surface area contributed by atoms with Crippen molar-refractivity contribution in [2.45, 2.75) is 6.42 Å². The van der Waals surface area contributed by atoms with Crippen LogP contribution in [0.15, 0.2) is 30.3 Å². The minimum Gasteiger partial charge on any atom is -0.410 e. The van der Waals surface area contributed by atoms with E-state index < -0.39 is 0 Å². The molecule has 0 aromatic heterocycles. The van der Waals surface area contributed by atoms with E-state index in [4.69, 9.17) is 14.2 Å². The standard InChI is InChI=1S/C14H21NO4/c1-17-11-6-9-15(10-12-18-2)14(16)19-13-7-4-3-5-8-13/h3-5,7-8H,6,9-12H2,1-2H3. The maximum Gasteiger partial charge on any atom is 0.415 e. The molecular formula is C14H21NO4. The SMILES string of the molecule is COCCCN(CCOC)C(=O)Oc1ccccc1. The van der Waals surface area contributed by atoms with Crippen LogP contribution in [-0.2, 0) is 9.47 Å². The molecule has 0 heterocycles. The predicted octanol–water partition coefficient (Wildman–Crippen LogP) is 2.17. The lowest BCUT2D eigenvalue weighted by Crippen LogP contribution is -2.37. The molecule has 0 saturated carbocycles. The molecule has 106 valence electrons. The maximum absolute atomic E-state index is 12.0. The molecule has 0 fully saturated rings. The van der Waals surface area contributed by atoms with Gasteiger partial charge in [0.15, 0.2) is 0 Å². The number of benzene rings is 1. The van der Waals surface area contributed by atoms with Gasteiger partial charge in [-0.05, 0) is 18.6 Å². The number of amides is 1. The van der Waals surface area contributed by atoms with E-state index in [1.54, 1.807) is 31.3 Å². The minimum absolute atomic E-state index is 0.362. The fraction of sp³-hybridized carbons (Fsp3) is 0.500. The van der Waals surface area contributed by atoms with Crippen molar-refractivity contribution in [2.75, 3.05) is 40.5 Å². The van der Waals surface area contributed by atoms with Crippen LogP contribution in [0, 0.1) is 0 Å². The highest BCUT2D eigenvalue weighted by Gasteiger charge is 2.15. The van der Waals surface area contributed by atoms with Gasteiger partial charge < -0.3 is 19.1 Å². The van der Waals surface area contributed by atoms with E-state index in [-0.39, 0.29) is 6.09 Å². The van der Waals surface area contributed by atoms with E-state index in [0.29, 0.717) is 32.1 Å². The monoisotopic (exact) mass is 267 g/mol. The molecule has 0 saturated heterocycles. The maximum atomic E-state index is 12.0. The summed E-state index contributed by atoms with van der Waals surface area (Å²) in [4.78, 5) is 13.6. The molecule has 1 amide bonds. The Bertz CT molecular complexity index is 356. The molecule has 0 aliphatic heterocycles. The van der Waals surface area contributed by atoms with Crippen molar-refractivity contribution in [1.29, 1.82) is 0 Å². The van der Waals surface area contributed by atoms with Crippen molar-refractivity contribution in [3.05, 3.63) is 30.3 Å². The van der Waals surface area contributed by atoms with E-state index in [2.05, 4.69) is 0 Å². The highest BCUT2D eigenvalue weighted by molar-refractivity contribution is 5.70. The van der Waals surface area contributed by atoms with Crippen molar-refractivity contribution >= 4 is 6.09 Å². The van der Waals surface area contributed by atoms with Crippen LogP contribution >= 0.6 is 0 Å². The molecule has 0 atom stereocenters. The highest BCUT2D eigenvalue weighted by Crippen LogP contribution is 2.10. The number of ether oxygens (including phenoxy) is 3. The lowest BCUT2D eigenvalue weighted by molar-refractivity contribution is 0.115. The first-order valence-electron chi connectivity index (χ1n) is 6.27. The van der Waals surface area contributed by atoms with Crippen molar-refractivity contribution in [1.82, 2.24) is 4.90 Å². The number of hydrogen-bond acceptors (Lipinski definition) is 4. The van der Waals surface area contributed by atoms with Crippen LogP contribution in [-0.4, -0.2) is 51.5 Å². The fourth-order valence-corrected chi connectivity index (χ4v) is 1.55. The second kappa shape index (κ2) is 9.35. The Morgan fingerprint density at radius 1 is 1.05 bits per heavy atom. The van der Waals surface area contributed by atoms with Gasteiger partial charge in [0.1, 0.15) is 5.75 Å². The van der Waals surface area contributed by atoms with E-state index in [9.17, 15) is 4.79 Å². The molecule has 0 bridgehead atoms. The van der Waals surface area contributed by atoms with Gasteiger partial charge in [0.25, 0.3) is 0 Å². The Kier molecular flexibility index (Phi) is 7.62. The largest absolute Gasteiger partial charge is 0.415 e. The molecule has 0 aliphatic carbocycles. The molecule has 1 aromatic carbocycles. The van der Waals surface area contributed by atoms with E-state index in [1.807, 2.05) is 18.2 Å².